The van der Waals surface area contributed by atoms with Crippen molar-refractivity contribution in [3.63, 3.8) is 0 Å². The van der Waals surface area contributed by atoms with E-state index in [0.717, 1.165) is 37.2 Å². The van der Waals surface area contributed by atoms with Crippen molar-refractivity contribution >= 4 is 17.6 Å². The molecule has 0 spiro atoms. The molecule has 0 bridgehead atoms. The Morgan fingerprint density at radius 1 is 1.33 bits per heavy atom. The molecule has 21 heavy (non-hydrogen) atoms. The second kappa shape index (κ2) is 7.22. The number of carbonyl (C=O) groups excluding carboxylic acids is 2. The van der Waals surface area contributed by atoms with Crippen molar-refractivity contribution in [2.45, 2.75) is 26.2 Å². The number of carbonyl (C=O) groups is 2. The average Bonchev–Trinajstić information content (AvgIpc) is 2.49. The van der Waals surface area contributed by atoms with Crippen molar-refractivity contribution in [2.75, 3.05) is 25.5 Å². The number of anilines is 1. The number of piperidine rings is 1. The molecule has 0 atom stereocenters. The first-order valence-corrected chi connectivity index (χ1v) is 7.29. The first-order valence-electron chi connectivity index (χ1n) is 7.29. The number of rotatable bonds is 4. The summed E-state index contributed by atoms with van der Waals surface area (Å²) in [6.45, 7) is 3.85. The summed E-state index contributed by atoms with van der Waals surface area (Å²) in [7, 11) is 1.35. The zero-order valence-corrected chi connectivity index (χ0v) is 12.6. The first kappa shape index (κ1) is 15.5. The lowest BCUT2D eigenvalue weighted by atomic mass is 9.94. The molecule has 0 aliphatic carbocycles. The summed E-state index contributed by atoms with van der Waals surface area (Å²) in [6.07, 6.45) is 2.65. The Labute approximate surface area is 125 Å². The van der Waals surface area contributed by atoms with Crippen LogP contribution in [0.25, 0.3) is 0 Å². The number of aryl methyl sites for hydroxylation is 1. The molecule has 114 valence electrons. The standard InChI is InChI=1S/C16H22N2O3/c1-11-9-13(16(20)21-2)3-4-14(11)18-15(19)10-12-5-7-17-8-6-12/h3-4,9,12,17H,5-8,10H2,1-2H3,(H,18,19). The van der Waals surface area contributed by atoms with E-state index in [-0.39, 0.29) is 11.9 Å². The molecule has 1 aliphatic heterocycles. The maximum atomic E-state index is 12.1. The highest BCUT2D eigenvalue weighted by molar-refractivity contribution is 5.94. The number of amides is 1. The fourth-order valence-electron chi connectivity index (χ4n) is 2.60. The molecule has 0 unspecified atom stereocenters. The van der Waals surface area contributed by atoms with Gasteiger partial charge in [-0.3, -0.25) is 4.79 Å². The minimum atomic E-state index is -0.370. The molecule has 0 aromatic heterocycles. The lowest BCUT2D eigenvalue weighted by Gasteiger charge is -2.22. The SMILES string of the molecule is COC(=O)c1ccc(NC(=O)CC2CCNCC2)c(C)c1. The zero-order valence-electron chi connectivity index (χ0n) is 12.6. The van der Waals surface area contributed by atoms with E-state index in [1.807, 2.05) is 6.92 Å². The predicted octanol–water partition coefficient (Wildman–Crippen LogP) is 2.11. The number of nitrogens with one attached hydrogen (secondary N) is 2. The van der Waals surface area contributed by atoms with Gasteiger partial charge in [0.15, 0.2) is 0 Å². The maximum Gasteiger partial charge on any atom is 0.337 e. The van der Waals surface area contributed by atoms with E-state index in [1.54, 1.807) is 18.2 Å². The van der Waals surface area contributed by atoms with Gasteiger partial charge >= 0.3 is 5.97 Å². The number of esters is 1. The Morgan fingerprint density at radius 3 is 2.67 bits per heavy atom. The summed E-state index contributed by atoms with van der Waals surface area (Å²) in [5.41, 5.74) is 2.10. The van der Waals surface area contributed by atoms with Gasteiger partial charge in [0.25, 0.3) is 0 Å². The van der Waals surface area contributed by atoms with Crippen LogP contribution in [-0.4, -0.2) is 32.1 Å². The highest BCUT2D eigenvalue weighted by Crippen LogP contribution is 2.20. The van der Waals surface area contributed by atoms with Crippen molar-refractivity contribution in [3.8, 4) is 0 Å². The fourth-order valence-corrected chi connectivity index (χ4v) is 2.60. The number of hydrogen-bond donors (Lipinski definition) is 2. The van der Waals surface area contributed by atoms with Gasteiger partial charge in [0.1, 0.15) is 0 Å². The topological polar surface area (TPSA) is 67.4 Å². The van der Waals surface area contributed by atoms with Gasteiger partial charge in [-0.1, -0.05) is 0 Å². The normalized spacial score (nSPS) is 15.5. The van der Waals surface area contributed by atoms with Gasteiger partial charge in [-0.15, -0.1) is 0 Å². The third kappa shape index (κ3) is 4.29. The molecule has 1 heterocycles. The Kier molecular flexibility index (Phi) is 5.33. The highest BCUT2D eigenvalue weighted by Gasteiger charge is 2.17. The van der Waals surface area contributed by atoms with Crippen LogP contribution in [0.4, 0.5) is 5.69 Å². The molecule has 1 fully saturated rings. The smallest absolute Gasteiger partial charge is 0.337 e. The number of ether oxygens (including phenoxy) is 1. The molecule has 0 radical (unpaired) electrons. The Balaban J connectivity index is 1.95. The minimum Gasteiger partial charge on any atom is -0.465 e. The second-order valence-corrected chi connectivity index (χ2v) is 5.47. The van der Waals surface area contributed by atoms with Crippen molar-refractivity contribution in [2.24, 2.45) is 5.92 Å². The van der Waals surface area contributed by atoms with E-state index in [2.05, 4.69) is 15.4 Å². The summed E-state index contributed by atoms with van der Waals surface area (Å²) in [6, 6.07) is 5.15. The largest absolute Gasteiger partial charge is 0.465 e. The lowest BCUT2D eigenvalue weighted by Crippen LogP contribution is -2.30. The number of hydrogen-bond acceptors (Lipinski definition) is 4. The van der Waals surface area contributed by atoms with E-state index in [1.165, 1.54) is 7.11 Å². The third-order valence-corrected chi connectivity index (χ3v) is 3.85. The van der Waals surface area contributed by atoms with Crippen LogP contribution in [0.1, 0.15) is 35.2 Å². The summed E-state index contributed by atoms with van der Waals surface area (Å²) >= 11 is 0. The quantitative estimate of drug-likeness (QED) is 0.833. The summed E-state index contributed by atoms with van der Waals surface area (Å²) in [4.78, 5) is 23.5. The second-order valence-electron chi connectivity index (χ2n) is 5.47. The van der Waals surface area contributed by atoms with Gasteiger partial charge in [0, 0.05) is 12.1 Å². The van der Waals surface area contributed by atoms with Crippen LogP contribution in [0.5, 0.6) is 0 Å². The summed E-state index contributed by atoms with van der Waals surface area (Å²) < 4.78 is 4.68. The first-order chi connectivity index (χ1) is 10.1. The van der Waals surface area contributed by atoms with Gasteiger partial charge in [-0.25, -0.2) is 4.79 Å². The maximum absolute atomic E-state index is 12.1. The molecular formula is C16H22N2O3. The Hall–Kier alpha value is -1.88. The molecule has 2 N–H and O–H groups in total. The van der Waals surface area contributed by atoms with Crippen LogP contribution in [0, 0.1) is 12.8 Å². The van der Waals surface area contributed by atoms with E-state index in [9.17, 15) is 9.59 Å². The molecule has 1 aromatic rings. The van der Waals surface area contributed by atoms with Crippen molar-refractivity contribution in [1.29, 1.82) is 0 Å². The van der Waals surface area contributed by atoms with Gasteiger partial charge in [-0.05, 0) is 62.5 Å². The van der Waals surface area contributed by atoms with Gasteiger partial charge in [0.2, 0.25) is 5.91 Å². The molecule has 5 heteroatoms. The molecule has 5 nitrogen and oxygen atoms in total. The van der Waals surface area contributed by atoms with E-state index >= 15 is 0 Å². The van der Waals surface area contributed by atoms with Crippen molar-refractivity contribution < 1.29 is 14.3 Å². The minimum absolute atomic E-state index is 0.0378. The average molecular weight is 290 g/mol. The molecular weight excluding hydrogens is 268 g/mol. The van der Waals surface area contributed by atoms with Crippen molar-refractivity contribution in [3.05, 3.63) is 29.3 Å². The van der Waals surface area contributed by atoms with Crippen LogP contribution in [0.3, 0.4) is 0 Å². The van der Waals surface area contributed by atoms with E-state index < -0.39 is 0 Å². The van der Waals surface area contributed by atoms with E-state index in [4.69, 9.17) is 0 Å². The van der Waals surface area contributed by atoms with Crippen LogP contribution in [0.15, 0.2) is 18.2 Å². The van der Waals surface area contributed by atoms with Crippen LogP contribution >= 0.6 is 0 Å². The molecule has 0 saturated carbocycles. The van der Waals surface area contributed by atoms with Crippen molar-refractivity contribution in [1.82, 2.24) is 5.32 Å². The van der Waals surface area contributed by atoms with Crippen LogP contribution < -0.4 is 10.6 Å². The molecule has 1 aromatic carbocycles. The number of methoxy groups -OCH3 is 1. The summed E-state index contributed by atoms with van der Waals surface area (Å²) in [5, 5.41) is 6.22. The van der Waals surface area contributed by atoms with Gasteiger partial charge in [0.05, 0.1) is 12.7 Å². The summed E-state index contributed by atoms with van der Waals surface area (Å²) in [5.74, 6) is 0.127. The fraction of sp³-hybridized carbons (Fsp3) is 0.500. The molecule has 1 aliphatic rings. The predicted molar refractivity (Wildman–Crippen MR) is 81.4 cm³/mol. The lowest BCUT2D eigenvalue weighted by molar-refractivity contribution is -0.117. The monoisotopic (exact) mass is 290 g/mol. The van der Waals surface area contributed by atoms with Gasteiger partial charge in [-0.2, -0.15) is 0 Å². The number of benzene rings is 1. The van der Waals surface area contributed by atoms with Gasteiger partial charge < -0.3 is 15.4 Å². The zero-order chi connectivity index (χ0) is 15.2. The highest BCUT2D eigenvalue weighted by atomic mass is 16.5. The van der Waals surface area contributed by atoms with Crippen LogP contribution in [0.2, 0.25) is 0 Å². The van der Waals surface area contributed by atoms with Crippen LogP contribution in [-0.2, 0) is 9.53 Å². The molecule has 1 amide bonds. The molecule has 1 saturated heterocycles. The van der Waals surface area contributed by atoms with E-state index in [0.29, 0.717) is 17.9 Å². The molecule has 2 rings (SSSR count). The Morgan fingerprint density at radius 2 is 2.05 bits per heavy atom. The third-order valence-electron chi connectivity index (χ3n) is 3.85. The Bertz CT molecular complexity index is 522.